The molecule has 0 unspecified atom stereocenters. The fraction of sp³-hybridized carbons (Fsp3) is 0.294. The smallest absolute Gasteiger partial charge is 0.224 e. The van der Waals surface area contributed by atoms with Gasteiger partial charge in [0.05, 0.1) is 19.4 Å². The molecule has 0 saturated carbocycles. The third kappa shape index (κ3) is 4.86. The Morgan fingerprint density at radius 2 is 2.23 bits per heavy atom. The number of aliphatic hydroxyl groups is 1. The molecule has 5 nitrogen and oxygen atoms in total. The molecule has 0 spiro atoms. The van der Waals surface area contributed by atoms with Gasteiger partial charge in [0, 0.05) is 18.3 Å². The summed E-state index contributed by atoms with van der Waals surface area (Å²) in [6.45, 7) is 2.35. The third-order valence-electron chi connectivity index (χ3n) is 3.21. The Balaban J connectivity index is 1.76. The summed E-state index contributed by atoms with van der Waals surface area (Å²) in [6.07, 6.45) is 4.33. The first-order valence-corrected chi connectivity index (χ1v) is 7.22. The molecule has 1 heterocycles. The fourth-order valence-electron chi connectivity index (χ4n) is 1.97. The molecule has 2 rings (SSSR count). The molecule has 0 fully saturated rings. The molecule has 0 radical (unpaired) electrons. The molecule has 0 aliphatic rings. The Morgan fingerprint density at radius 1 is 1.36 bits per heavy atom. The van der Waals surface area contributed by atoms with Crippen molar-refractivity contribution >= 4 is 11.6 Å². The van der Waals surface area contributed by atoms with Crippen LogP contribution >= 0.6 is 0 Å². The predicted octanol–water partition coefficient (Wildman–Crippen LogP) is 2.68. The summed E-state index contributed by atoms with van der Waals surface area (Å²) in [6, 6.07) is 9.15. The maximum absolute atomic E-state index is 11.9. The van der Waals surface area contributed by atoms with E-state index in [4.69, 9.17) is 9.84 Å². The minimum absolute atomic E-state index is 0.0396. The molecule has 1 amide bonds. The highest BCUT2D eigenvalue weighted by atomic mass is 16.5. The topological polar surface area (TPSA) is 71.5 Å². The molecular weight excluding hydrogens is 280 g/mol. The van der Waals surface area contributed by atoms with Crippen LogP contribution in [0.2, 0.25) is 0 Å². The summed E-state index contributed by atoms with van der Waals surface area (Å²) >= 11 is 0. The number of rotatable bonds is 7. The number of ether oxygens (including phenoxy) is 1. The Morgan fingerprint density at radius 3 is 2.95 bits per heavy atom. The molecule has 0 aliphatic heterocycles. The van der Waals surface area contributed by atoms with E-state index in [1.807, 2.05) is 25.1 Å². The first-order chi connectivity index (χ1) is 10.7. The number of aliphatic hydroxyl groups excluding tert-OH is 1. The van der Waals surface area contributed by atoms with Gasteiger partial charge in [-0.2, -0.15) is 0 Å². The lowest BCUT2D eigenvalue weighted by molar-refractivity contribution is -0.116. The fourth-order valence-corrected chi connectivity index (χ4v) is 1.97. The number of aromatic nitrogens is 1. The third-order valence-corrected chi connectivity index (χ3v) is 3.21. The molecule has 2 aromatic rings. The van der Waals surface area contributed by atoms with Gasteiger partial charge in [0.2, 0.25) is 5.91 Å². The Bertz CT molecular complexity index is 615. The standard InChI is InChI=1S/C17H20N2O3/c1-13-6-7-14(12-20)10-16(13)19-17(21)5-3-9-22-15-4-2-8-18-11-15/h2,4,6-8,10-11,20H,3,5,9,12H2,1H3,(H,19,21). The maximum atomic E-state index is 11.9. The van der Waals surface area contributed by atoms with Crippen LogP contribution in [0.25, 0.3) is 0 Å². The molecule has 5 heteroatoms. The summed E-state index contributed by atoms with van der Waals surface area (Å²) in [5.41, 5.74) is 2.49. The second-order valence-corrected chi connectivity index (χ2v) is 5.00. The van der Waals surface area contributed by atoms with Crippen molar-refractivity contribution in [2.45, 2.75) is 26.4 Å². The number of nitrogens with zero attached hydrogens (tertiary/aromatic N) is 1. The lowest BCUT2D eigenvalue weighted by atomic mass is 10.1. The van der Waals surface area contributed by atoms with Gasteiger partial charge in [-0.25, -0.2) is 0 Å². The lowest BCUT2D eigenvalue weighted by Crippen LogP contribution is -2.14. The number of hydrogen-bond acceptors (Lipinski definition) is 4. The second kappa shape index (κ2) is 8.14. The van der Waals surface area contributed by atoms with Gasteiger partial charge in [0.1, 0.15) is 5.75 Å². The number of benzene rings is 1. The van der Waals surface area contributed by atoms with E-state index in [2.05, 4.69) is 10.3 Å². The summed E-state index contributed by atoms with van der Waals surface area (Å²) in [7, 11) is 0. The van der Waals surface area contributed by atoms with Gasteiger partial charge in [0.15, 0.2) is 0 Å². The number of hydrogen-bond donors (Lipinski definition) is 2. The van der Waals surface area contributed by atoms with E-state index in [9.17, 15) is 4.79 Å². The van der Waals surface area contributed by atoms with Gasteiger partial charge in [-0.15, -0.1) is 0 Å². The summed E-state index contributed by atoms with van der Waals surface area (Å²) < 4.78 is 5.49. The van der Waals surface area contributed by atoms with Crippen LogP contribution in [0.1, 0.15) is 24.0 Å². The molecular formula is C17H20N2O3. The van der Waals surface area contributed by atoms with Crippen molar-refractivity contribution < 1.29 is 14.6 Å². The van der Waals surface area contributed by atoms with Gasteiger partial charge in [-0.05, 0) is 42.7 Å². The van der Waals surface area contributed by atoms with Crippen LogP contribution in [0.15, 0.2) is 42.7 Å². The number of aryl methyl sites for hydroxylation is 1. The first-order valence-electron chi connectivity index (χ1n) is 7.22. The molecule has 116 valence electrons. The van der Waals surface area contributed by atoms with Crippen LogP contribution in [-0.2, 0) is 11.4 Å². The van der Waals surface area contributed by atoms with Crippen LogP contribution in [0.3, 0.4) is 0 Å². The van der Waals surface area contributed by atoms with E-state index < -0.39 is 0 Å². The quantitative estimate of drug-likeness (QED) is 0.771. The first kappa shape index (κ1) is 16.0. The molecule has 22 heavy (non-hydrogen) atoms. The molecule has 0 aliphatic carbocycles. The summed E-state index contributed by atoms with van der Waals surface area (Å²) in [5, 5.41) is 12.0. The predicted molar refractivity (Wildman–Crippen MR) is 84.7 cm³/mol. The van der Waals surface area contributed by atoms with Crippen LogP contribution in [-0.4, -0.2) is 22.6 Å². The zero-order valence-corrected chi connectivity index (χ0v) is 12.6. The van der Waals surface area contributed by atoms with Crippen molar-refractivity contribution in [1.82, 2.24) is 4.98 Å². The Hall–Kier alpha value is -2.40. The number of pyridine rings is 1. The van der Waals surface area contributed by atoms with Crippen LogP contribution in [0.4, 0.5) is 5.69 Å². The average molecular weight is 300 g/mol. The normalized spacial score (nSPS) is 10.3. The zero-order valence-electron chi connectivity index (χ0n) is 12.6. The lowest BCUT2D eigenvalue weighted by Gasteiger charge is -2.10. The highest BCUT2D eigenvalue weighted by Gasteiger charge is 2.06. The zero-order chi connectivity index (χ0) is 15.8. The number of anilines is 1. The van der Waals surface area contributed by atoms with E-state index in [0.29, 0.717) is 25.2 Å². The minimum atomic E-state index is -0.0621. The van der Waals surface area contributed by atoms with E-state index in [1.165, 1.54) is 0 Å². The van der Waals surface area contributed by atoms with Gasteiger partial charge < -0.3 is 15.2 Å². The number of nitrogens with one attached hydrogen (secondary N) is 1. The van der Waals surface area contributed by atoms with Crippen LogP contribution in [0.5, 0.6) is 5.75 Å². The van der Waals surface area contributed by atoms with E-state index in [0.717, 1.165) is 16.8 Å². The van der Waals surface area contributed by atoms with E-state index in [1.54, 1.807) is 24.5 Å². The van der Waals surface area contributed by atoms with Gasteiger partial charge >= 0.3 is 0 Å². The van der Waals surface area contributed by atoms with Crippen molar-refractivity contribution in [3.8, 4) is 5.75 Å². The number of amides is 1. The minimum Gasteiger partial charge on any atom is -0.492 e. The van der Waals surface area contributed by atoms with Crippen molar-refractivity contribution in [1.29, 1.82) is 0 Å². The van der Waals surface area contributed by atoms with Gasteiger partial charge in [0.25, 0.3) is 0 Å². The van der Waals surface area contributed by atoms with Crippen molar-refractivity contribution in [2.75, 3.05) is 11.9 Å². The largest absolute Gasteiger partial charge is 0.492 e. The van der Waals surface area contributed by atoms with E-state index >= 15 is 0 Å². The molecule has 0 bridgehead atoms. The SMILES string of the molecule is Cc1ccc(CO)cc1NC(=O)CCCOc1cccnc1. The molecule has 0 atom stereocenters. The van der Waals surface area contributed by atoms with Crippen LogP contribution < -0.4 is 10.1 Å². The maximum Gasteiger partial charge on any atom is 0.224 e. The van der Waals surface area contributed by atoms with Crippen molar-refractivity contribution in [3.05, 3.63) is 53.9 Å². The van der Waals surface area contributed by atoms with Crippen LogP contribution in [0, 0.1) is 6.92 Å². The molecule has 1 aromatic heterocycles. The van der Waals surface area contributed by atoms with Gasteiger partial charge in [-0.1, -0.05) is 12.1 Å². The summed E-state index contributed by atoms with van der Waals surface area (Å²) in [5.74, 6) is 0.641. The average Bonchev–Trinajstić information content (AvgIpc) is 2.54. The molecule has 0 saturated heterocycles. The van der Waals surface area contributed by atoms with Crippen molar-refractivity contribution in [3.63, 3.8) is 0 Å². The molecule has 2 N–H and O–H groups in total. The number of carbonyl (C=O) groups is 1. The Labute approximate surface area is 130 Å². The van der Waals surface area contributed by atoms with E-state index in [-0.39, 0.29) is 12.5 Å². The number of carbonyl (C=O) groups excluding carboxylic acids is 1. The van der Waals surface area contributed by atoms with Crippen molar-refractivity contribution in [2.24, 2.45) is 0 Å². The Kier molecular flexibility index (Phi) is 5.91. The highest BCUT2D eigenvalue weighted by Crippen LogP contribution is 2.17. The second-order valence-electron chi connectivity index (χ2n) is 5.00. The summed E-state index contributed by atoms with van der Waals surface area (Å²) in [4.78, 5) is 15.9. The monoisotopic (exact) mass is 300 g/mol. The molecule has 1 aromatic carbocycles. The van der Waals surface area contributed by atoms with Gasteiger partial charge in [-0.3, -0.25) is 9.78 Å². The highest BCUT2D eigenvalue weighted by molar-refractivity contribution is 5.91.